The number of esters is 1. The molecular formula is C24H29NO4. The molecule has 0 radical (unpaired) electrons. The highest BCUT2D eigenvalue weighted by Crippen LogP contribution is 2.22. The monoisotopic (exact) mass is 395 g/mol. The molecule has 1 N–H and O–H groups in total. The number of hydrogen-bond donors (Lipinski definition) is 1. The highest BCUT2D eigenvalue weighted by Gasteiger charge is 2.27. The molecule has 0 aliphatic heterocycles. The molecule has 0 aliphatic rings. The molecule has 154 valence electrons. The van der Waals surface area contributed by atoms with E-state index < -0.39 is 12.0 Å². The van der Waals surface area contributed by atoms with E-state index in [0.29, 0.717) is 11.1 Å². The van der Waals surface area contributed by atoms with Gasteiger partial charge < -0.3 is 10.1 Å². The number of amides is 1. The largest absolute Gasteiger partial charge is 0.456 e. The minimum Gasteiger partial charge on any atom is -0.456 e. The molecule has 29 heavy (non-hydrogen) atoms. The van der Waals surface area contributed by atoms with E-state index in [4.69, 9.17) is 4.74 Å². The Morgan fingerprint density at radius 3 is 2.00 bits per heavy atom. The molecule has 0 aliphatic carbocycles. The van der Waals surface area contributed by atoms with Crippen molar-refractivity contribution in [1.29, 1.82) is 0 Å². The summed E-state index contributed by atoms with van der Waals surface area (Å²) < 4.78 is 5.21. The molecule has 0 heterocycles. The Labute approximate surface area is 172 Å². The van der Waals surface area contributed by atoms with Crippen molar-refractivity contribution >= 4 is 17.7 Å². The zero-order valence-corrected chi connectivity index (χ0v) is 17.7. The van der Waals surface area contributed by atoms with Gasteiger partial charge in [-0.15, -0.1) is 0 Å². The first-order valence-electron chi connectivity index (χ1n) is 9.76. The van der Waals surface area contributed by atoms with Crippen molar-refractivity contribution in [1.82, 2.24) is 5.32 Å². The Balaban J connectivity index is 1.97. The molecular weight excluding hydrogens is 366 g/mol. The molecule has 0 bridgehead atoms. The van der Waals surface area contributed by atoms with Gasteiger partial charge in [-0.25, -0.2) is 4.79 Å². The van der Waals surface area contributed by atoms with Gasteiger partial charge in [-0.05, 0) is 29.0 Å². The van der Waals surface area contributed by atoms with Crippen LogP contribution >= 0.6 is 0 Å². The summed E-state index contributed by atoms with van der Waals surface area (Å²) in [4.78, 5) is 37.2. The van der Waals surface area contributed by atoms with E-state index in [9.17, 15) is 14.4 Å². The van der Waals surface area contributed by atoms with Crippen LogP contribution in [-0.4, -0.2) is 30.3 Å². The summed E-state index contributed by atoms with van der Waals surface area (Å²) >= 11 is 0. The molecule has 0 aromatic heterocycles. The third kappa shape index (κ3) is 6.28. The summed E-state index contributed by atoms with van der Waals surface area (Å²) in [5.74, 6) is -1.44. The van der Waals surface area contributed by atoms with E-state index in [1.165, 1.54) is 0 Å². The topological polar surface area (TPSA) is 72.5 Å². The number of rotatable bonds is 7. The lowest BCUT2D eigenvalue weighted by Gasteiger charge is -2.21. The van der Waals surface area contributed by atoms with Crippen LogP contribution in [0.25, 0.3) is 0 Å². The first-order valence-corrected chi connectivity index (χ1v) is 9.76. The first kappa shape index (κ1) is 22.3. The van der Waals surface area contributed by atoms with Crippen molar-refractivity contribution in [3.05, 3.63) is 71.3 Å². The van der Waals surface area contributed by atoms with Gasteiger partial charge in [-0.2, -0.15) is 0 Å². The average Bonchev–Trinajstić information content (AvgIpc) is 2.69. The van der Waals surface area contributed by atoms with Crippen molar-refractivity contribution in [2.75, 3.05) is 6.61 Å². The number of nitrogens with one attached hydrogen (secondary N) is 1. The lowest BCUT2D eigenvalue weighted by molar-refractivity contribution is -0.145. The lowest BCUT2D eigenvalue weighted by atomic mass is 9.86. The Morgan fingerprint density at radius 2 is 1.48 bits per heavy atom. The van der Waals surface area contributed by atoms with Gasteiger partial charge in [0.2, 0.25) is 0 Å². The van der Waals surface area contributed by atoms with E-state index in [-0.39, 0.29) is 29.6 Å². The van der Waals surface area contributed by atoms with Gasteiger partial charge in [0.05, 0.1) is 0 Å². The summed E-state index contributed by atoms with van der Waals surface area (Å²) in [6.45, 7) is 9.55. The molecule has 0 unspecified atom stereocenters. The second-order valence-corrected chi connectivity index (χ2v) is 8.42. The first-order chi connectivity index (χ1) is 13.6. The number of ether oxygens (including phenoxy) is 1. The van der Waals surface area contributed by atoms with Gasteiger partial charge in [-0.1, -0.05) is 77.1 Å². The highest BCUT2D eigenvalue weighted by molar-refractivity contribution is 5.99. The number of carbonyl (C=O) groups excluding carboxylic acids is 3. The van der Waals surface area contributed by atoms with Crippen LogP contribution in [0.2, 0.25) is 0 Å². The molecule has 2 aromatic rings. The molecule has 1 atom stereocenters. The molecule has 5 heteroatoms. The molecule has 1 amide bonds. The standard InChI is InChI=1S/C24H29NO4/c1-16(2)21(25-22(27)18-9-7-6-8-10-18)23(28)29-15-20(26)17-11-13-19(14-12-17)24(3,4)5/h6-14,16,21H,15H2,1-5H3,(H,25,27)/t21-/m0/s1. The summed E-state index contributed by atoms with van der Waals surface area (Å²) in [5.41, 5.74) is 2.06. The van der Waals surface area contributed by atoms with Crippen molar-refractivity contribution in [3.63, 3.8) is 0 Å². The molecule has 0 saturated heterocycles. The van der Waals surface area contributed by atoms with Crippen molar-refractivity contribution in [2.45, 2.75) is 46.1 Å². The predicted octanol–water partition coefficient (Wildman–Crippen LogP) is 4.16. The van der Waals surface area contributed by atoms with Gasteiger partial charge >= 0.3 is 5.97 Å². The Kier molecular flexibility index (Phi) is 7.32. The molecule has 5 nitrogen and oxygen atoms in total. The average molecular weight is 395 g/mol. The van der Waals surface area contributed by atoms with Gasteiger partial charge in [-0.3, -0.25) is 9.59 Å². The minimum absolute atomic E-state index is 0.00447. The van der Waals surface area contributed by atoms with E-state index in [0.717, 1.165) is 5.56 Å². The normalized spacial score (nSPS) is 12.3. The van der Waals surface area contributed by atoms with Crippen molar-refractivity contribution in [2.24, 2.45) is 5.92 Å². The van der Waals surface area contributed by atoms with Crippen molar-refractivity contribution < 1.29 is 19.1 Å². The van der Waals surface area contributed by atoms with Gasteiger partial charge in [0.15, 0.2) is 12.4 Å². The van der Waals surface area contributed by atoms with Gasteiger partial charge in [0.25, 0.3) is 5.91 Å². The fourth-order valence-corrected chi connectivity index (χ4v) is 2.78. The van der Waals surface area contributed by atoms with E-state index in [1.54, 1.807) is 36.4 Å². The van der Waals surface area contributed by atoms with E-state index >= 15 is 0 Å². The number of Topliss-reactive ketones (excluding diaryl/α,β-unsaturated/α-hetero) is 1. The summed E-state index contributed by atoms with van der Waals surface area (Å²) in [7, 11) is 0. The third-order valence-electron chi connectivity index (χ3n) is 4.66. The Hall–Kier alpha value is -2.95. The van der Waals surface area contributed by atoms with E-state index in [2.05, 4.69) is 26.1 Å². The zero-order valence-electron chi connectivity index (χ0n) is 17.7. The SMILES string of the molecule is CC(C)[C@H](NC(=O)c1ccccc1)C(=O)OCC(=O)c1ccc(C(C)(C)C)cc1. The summed E-state index contributed by atoms with van der Waals surface area (Å²) in [6.07, 6.45) is 0. The van der Waals surface area contributed by atoms with E-state index in [1.807, 2.05) is 32.0 Å². The maximum Gasteiger partial charge on any atom is 0.329 e. The highest BCUT2D eigenvalue weighted by atomic mass is 16.5. The summed E-state index contributed by atoms with van der Waals surface area (Å²) in [6, 6.07) is 15.1. The Bertz CT molecular complexity index is 849. The number of hydrogen-bond acceptors (Lipinski definition) is 4. The van der Waals surface area contributed by atoms with Crippen LogP contribution in [-0.2, 0) is 14.9 Å². The molecule has 0 fully saturated rings. The molecule has 0 spiro atoms. The molecule has 2 rings (SSSR count). The van der Waals surface area contributed by atoms with Crippen LogP contribution in [0.3, 0.4) is 0 Å². The fourth-order valence-electron chi connectivity index (χ4n) is 2.78. The maximum absolute atomic E-state index is 12.5. The molecule has 0 saturated carbocycles. The van der Waals surface area contributed by atoms with Crippen molar-refractivity contribution in [3.8, 4) is 0 Å². The minimum atomic E-state index is -0.834. The predicted molar refractivity (Wildman–Crippen MR) is 113 cm³/mol. The number of ketones is 1. The summed E-state index contributed by atoms with van der Waals surface area (Å²) in [5, 5.41) is 2.70. The van der Waals surface area contributed by atoms with Crippen LogP contribution < -0.4 is 5.32 Å². The van der Waals surface area contributed by atoms with Crippen LogP contribution in [0.1, 0.15) is 60.9 Å². The van der Waals surface area contributed by atoms with Crippen LogP contribution in [0, 0.1) is 5.92 Å². The van der Waals surface area contributed by atoms with Crippen LogP contribution in [0.5, 0.6) is 0 Å². The van der Waals surface area contributed by atoms with Gasteiger partial charge in [0.1, 0.15) is 6.04 Å². The Morgan fingerprint density at radius 1 is 0.897 bits per heavy atom. The second kappa shape index (κ2) is 9.50. The number of benzene rings is 2. The van der Waals surface area contributed by atoms with Gasteiger partial charge in [0, 0.05) is 11.1 Å². The zero-order chi connectivity index (χ0) is 21.6. The molecule has 2 aromatic carbocycles. The smallest absolute Gasteiger partial charge is 0.329 e. The third-order valence-corrected chi connectivity index (χ3v) is 4.66. The van der Waals surface area contributed by atoms with Crippen LogP contribution in [0.4, 0.5) is 0 Å². The second-order valence-electron chi connectivity index (χ2n) is 8.42. The number of carbonyl (C=O) groups is 3. The lowest BCUT2D eigenvalue weighted by Crippen LogP contribution is -2.45. The fraction of sp³-hybridized carbons (Fsp3) is 0.375. The quantitative estimate of drug-likeness (QED) is 0.564. The maximum atomic E-state index is 12.5. The van der Waals surface area contributed by atoms with Crippen LogP contribution in [0.15, 0.2) is 54.6 Å².